The Morgan fingerprint density at radius 3 is 2.20 bits per heavy atom. The number of nitrogens with zero attached hydrogens (tertiary/aromatic N) is 1. The lowest BCUT2D eigenvalue weighted by Gasteiger charge is -2.31. The summed E-state index contributed by atoms with van der Waals surface area (Å²) in [6.45, 7) is 6.17. The van der Waals surface area contributed by atoms with Gasteiger partial charge in [-0.2, -0.15) is 0 Å². The van der Waals surface area contributed by atoms with Gasteiger partial charge in [0.2, 0.25) is 11.8 Å². The Labute approximate surface area is 180 Å². The molecule has 0 saturated carbocycles. The van der Waals surface area contributed by atoms with Gasteiger partial charge in [0.25, 0.3) is 0 Å². The van der Waals surface area contributed by atoms with Crippen LogP contribution >= 0.6 is 0 Å². The second-order valence-corrected chi connectivity index (χ2v) is 7.30. The van der Waals surface area contributed by atoms with Crippen LogP contribution in [0.25, 0.3) is 0 Å². The minimum absolute atomic E-state index is 0.00625. The van der Waals surface area contributed by atoms with Crippen LogP contribution in [0, 0.1) is 0 Å². The van der Waals surface area contributed by atoms with Crippen molar-refractivity contribution >= 4 is 11.8 Å². The number of amides is 2. The van der Waals surface area contributed by atoms with Crippen LogP contribution in [0.2, 0.25) is 0 Å². The Morgan fingerprint density at radius 1 is 0.967 bits per heavy atom. The number of carbonyl (C=O) groups excluding carboxylic acids is 2. The molecule has 0 fully saturated rings. The summed E-state index contributed by atoms with van der Waals surface area (Å²) in [6.07, 6.45) is 2.41. The topological polar surface area (TPSA) is 58.6 Å². The molecule has 0 heterocycles. The van der Waals surface area contributed by atoms with Crippen molar-refractivity contribution in [2.24, 2.45) is 0 Å². The quantitative estimate of drug-likeness (QED) is 0.508. The van der Waals surface area contributed by atoms with Crippen LogP contribution in [0.3, 0.4) is 0 Å². The SMILES string of the molecule is CCCC(=O)N(Cc1ccccc1)[C@H](Cc1ccccc1)C(=O)NCCCOCC. The van der Waals surface area contributed by atoms with Crippen LogP contribution in [0.5, 0.6) is 0 Å². The van der Waals surface area contributed by atoms with Gasteiger partial charge in [0, 0.05) is 39.1 Å². The average Bonchev–Trinajstić information content (AvgIpc) is 2.77. The van der Waals surface area contributed by atoms with Crippen molar-refractivity contribution < 1.29 is 14.3 Å². The van der Waals surface area contributed by atoms with E-state index in [4.69, 9.17) is 4.74 Å². The van der Waals surface area contributed by atoms with Crippen LogP contribution in [-0.4, -0.2) is 42.5 Å². The standard InChI is InChI=1S/C25H34N2O3/c1-3-12-24(28)27(20-22-15-9-6-10-16-22)23(19-21-13-7-5-8-14-21)25(29)26-17-11-18-30-4-2/h5-10,13-16,23H,3-4,11-12,17-20H2,1-2H3,(H,26,29)/t23-/m1/s1. The van der Waals surface area contributed by atoms with Gasteiger partial charge in [-0.05, 0) is 30.9 Å². The highest BCUT2D eigenvalue weighted by atomic mass is 16.5. The van der Waals surface area contributed by atoms with Crippen LogP contribution in [-0.2, 0) is 27.3 Å². The molecule has 0 aliphatic rings. The van der Waals surface area contributed by atoms with E-state index in [1.807, 2.05) is 74.5 Å². The zero-order valence-corrected chi connectivity index (χ0v) is 18.2. The number of benzene rings is 2. The van der Waals surface area contributed by atoms with Gasteiger partial charge in [-0.25, -0.2) is 0 Å². The van der Waals surface area contributed by atoms with E-state index in [1.54, 1.807) is 4.90 Å². The minimum Gasteiger partial charge on any atom is -0.382 e. The zero-order chi connectivity index (χ0) is 21.6. The molecular weight excluding hydrogens is 376 g/mol. The van der Waals surface area contributed by atoms with E-state index in [1.165, 1.54) is 0 Å². The maximum atomic E-state index is 13.2. The number of rotatable bonds is 13. The molecule has 0 aromatic heterocycles. The molecule has 0 saturated heterocycles. The van der Waals surface area contributed by atoms with Crippen molar-refractivity contribution in [1.29, 1.82) is 0 Å². The van der Waals surface area contributed by atoms with Crippen molar-refractivity contribution in [1.82, 2.24) is 10.2 Å². The maximum Gasteiger partial charge on any atom is 0.243 e. The highest BCUT2D eigenvalue weighted by Gasteiger charge is 2.29. The largest absolute Gasteiger partial charge is 0.382 e. The Hall–Kier alpha value is -2.66. The molecule has 0 unspecified atom stereocenters. The van der Waals surface area contributed by atoms with Gasteiger partial charge in [0.1, 0.15) is 6.04 Å². The molecule has 1 N–H and O–H groups in total. The smallest absolute Gasteiger partial charge is 0.243 e. The molecular formula is C25H34N2O3. The number of carbonyl (C=O) groups is 2. The van der Waals surface area contributed by atoms with Gasteiger partial charge in [-0.1, -0.05) is 67.6 Å². The summed E-state index contributed by atoms with van der Waals surface area (Å²) in [4.78, 5) is 27.9. The minimum atomic E-state index is -0.557. The second-order valence-electron chi connectivity index (χ2n) is 7.30. The van der Waals surface area contributed by atoms with Gasteiger partial charge >= 0.3 is 0 Å². The fourth-order valence-electron chi connectivity index (χ4n) is 3.34. The van der Waals surface area contributed by atoms with Crippen LogP contribution in [0.4, 0.5) is 0 Å². The molecule has 2 rings (SSSR count). The number of hydrogen-bond donors (Lipinski definition) is 1. The Balaban J connectivity index is 2.21. The summed E-state index contributed by atoms with van der Waals surface area (Å²) in [5.74, 6) is -0.109. The predicted molar refractivity (Wildman–Crippen MR) is 120 cm³/mol. The van der Waals surface area contributed by atoms with Gasteiger partial charge in [0.15, 0.2) is 0 Å². The normalized spacial score (nSPS) is 11.7. The number of nitrogens with one attached hydrogen (secondary N) is 1. The molecule has 5 heteroatoms. The van der Waals surface area contributed by atoms with Crippen LogP contribution in [0.15, 0.2) is 60.7 Å². The van der Waals surface area contributed by atoms with Crippen molar-refractivity contribution in [3.63, 3.8) is 0 Å². The van der Waals surface area contributed by atoms with Crippen molar-refractivity contribution in [3.8, 4) is 0 Å². The molecule has 0 aliphatic heterocycles. The predicted octanol–water partition coefficient (Wildman–Crippen LogP) is 3.97. The number of ether oxygens (including phenoxy) is 1. The van der Waals surface area contributed by atoms with E-state index in [0.717, 1.165) is 24.0 Å². The molecule has 1 atom stereocenters. The molecule has 2 aromatic carbocycles. The second kappa shape index (κ2) is 13.5. The third kappa shape index (κ3) is 7.99. The summed E-state index contributed by atoms with van der Waals surface area (Å²) >= 11 is 0. The fourth-order valence-corrected chi connectivity index (χ4v) is 3.34. The lowest BCUT2D eigenvalue weighted by atomic mass is 10.0. The maximum absolute atomic E-state index is 13.2. The monoisotopic (exact) mass is 410 g/mol. The molecule has 0 radical (unpaired) electrons. The van der Waals surface area contributed by atoms with Gasteiger partial charge in [-0.15, -0.1) is 0 Å². The van der Waals surface area contributed by atoms with Crippen LogP contribution < -0.4 is 5.32 Å². The van der Waals surface area contributed by atoms with Crippen molar-refractivity contribution in [2.75, 3.05) is 19.8 Å². The van der Waals surface area contributed by atoms with Gasteiger partial charge in [0.05, 0.1) is 0 Å². The molecule has 2 amide bonds. The molecule has 0 spiro atoms. The molecule has 0 aliphatic carbocycles. The fraction of sp³-hybridized carbons (Fsp3) is 0.440. The zero-order valence-electron chi connectivity index (χ0n) is 18.2. The average molecular weight is 411 g/mol. The third-order valence-electron chi connectivity index (χ3n) is 4.90. The first-order valence-corrected chi connectivity index (χ1v) is 10.9. The first-order valence-electron chi connectivity index (χ1n) is 10.9. The van der Waals surface area contributed by atoms with Gasteiger partial charge in [-0.3, -0.25) is 9.59 Å². The lowest BCUT2D eigenvalue weighted by Crippen LogP contribution is -2.50. The third-order valence-corrected chi connectivity index (χ3v) is 4.90. The van der Waals surface area contributed by atoms with E-state index in [0.29, 0.717) is 39.1 Å². The first kappa shape index (κ1) is 23.6. The summed E-state index contributed by atoms with van der Waals surface area (Å²) in [5.41, 5.74) is 2.05. The highest BCUT2D eigenvalue weighted by Crippen LogP contribution is 2.16. The first-order chi connectivity index (χ1) is 14.7. The van der Waals surface area contributed by atoms with E-state index >= 15 is 0 Å². The Kier molecular flexibility index (Phi) is 10.7. The van der Waals surface area contributed by atoms with E-state index in [-0.39, 0.29) is 11.8 Å². The van der Waals surface area contributed by atoms with Gasteiger partial charge < -0.3 is 15.0 Å². The summed E-state index contributed by atoms with van der Waals surface area (Å²) in [7, 11) is 0. The highest BCUT2D eigenvalue weighted by molar-refractivity contribution is 5.88. The molecule has 162 valence electrons. The summed E-state index contributed by atoms with van der Waals surface area (Å²) in [6, 6.07) is 19.2. The van der Waals surface area contributed by atoms with E-state index < -0.39 is 6.04 Å². The molecule has 30 heavy (non-hydrogen) atoms. The molecule has 2 aromatic rings. The summed E-state index contributed by atoms with van der Waals surface area (Å²) < 4.78 is 5.35. The van der Waals surface area contributed by atoms with E-state index in [9.17, 15) is 9.59 Å². The summed E-state index contributed by atoms with van der Waals surface area (Å²) in [5, 5.41) is 3.01. The van der Waals surface area contributed by atoms with Crippen LogP contribution in [0.1, 0.15) is 44.2 Å². The molecule has 0 bridgehead atoms. The Morgan fingerprint density at radius 2 is 1.60 bits per heavy atom. The lowest BCUT2D eigenvalue weighted by molar-refractivity contribution is -0.141. The number of hydrogen-bond acceptors (Lipinski definition) is 3. The molecule has 5 nitrogen and oxygen atoms in total. The van der Waals surface area contributed by atoms with E-state index in [2.05, 4.69) is 5.32 Å². The van der Waals surface area contributed by atoms with Crippen molar-refractivity contribution in [2.45, 2.75) is 52.1 Å². The van der Waals surface area contributed by atoms with Crippen molar-refractivity contribution in [3.05, 3.63) is 71.8 Å². The Bertz CT molecular complexity index is 750.